The summed E-state index contributed by atoms with van der Waals surface area (Å²) in [5.41, 5.74) is 5.88. The van der Waals surface area contributed by atoms with Gasteiger partial charge in [0.25, 0.3) is 0 Å². The van der Waals surface area contributed by atoms with E-state index in [2.05, 4.69) is 20.6 Å². The van der Waals surface area contributed by atoms with E-state index in [1.807, 2.05) is 6.20 Å². The SMILES string of the molecule is NCC1CCCN1c1nccn1C1CCCCC1. The van der Waals surface area contributed by atoms with Gasteiger partial charge in [-0.3, -0.25) is 0 Å². The topological polar surface area (TPSA) is 47.1 Å². The Bertz CT molecular complexity index is 381. The molecule has 0 bridgehead atoms. The van der Waals surface area contributed by atoms with Crippen LogP contribution in [0.2, 0.25) is 0 Å². The predicted octanol–water partition coefficient (Wildman–Crippen LogP) is 2.32. The number of hydrogen-bond donors (Lipinski definition) is 1. The van der Waals surface area contributed by atoms with Crippen molar-refractivity contribution in [1.82, 2.24) is 9.55 Å². The van der Waals surface area contributed by atoms with Crippen molar-refractivity contribution in [3.05, 3.63) is 12.4 Å². The van der Waals surface area contributed by atoms with Crippen molar-refractivity contribution in [1.29, 1.82) is 0 Å². The van der Waals surface area contributed by atoms with E-state index in [9.17, 15) is 0 Å². The number of rotatable bonds is 3. The largest absolute Gasteiger partial charge is 0.338 e. The van der Waals surface area contributed by atoms with Gasteiger partial charge in [-0.15, -0.1) is 0 Å². The molecule has 4 nitrogen and oxygen atoms in total. The van der Waals surface area contributed by atoms with Gasteiger partial charge >= 0.3 is 0 Å². The monoisotopic (exact) mass is 248 g/mol. The van der Waals surface area contributed by atoms with Crippen LogP contribution < -0.4 is 10.6 Å². The van der Waals surface area contributed by atoms with Crippen molar-refractivity contribution in [2.75, 3.05) is 18.0 Å². The van der Waals surface area contributed by atoms with Crippen LogP contribution in [-0.4, -0.2) is 28.7 Å². The number of aromatic nitrogens is 2. The summed E-state index contributed by atoms with van der Waals surface area (Å²) in [6.45, 7) is 1.86. The van der Waals surface area contributed by atoms with Crippen LogP contribution in [0.1, 0.15) is 51.0 Å². The van der Waals surface area contributed by atoms with Crippen LogP contribution in [0.15, 0.2) is 12.4 Å². The normalized spacial score (nSPS) is 25.8. The van der Waals surface area contributed by atoms with E-state index in [1.54, 1.807) is 0 Å². The average Bonchev–Trinajstić information content (AvgIpc) is 3.07. The third-order valence-corrected chi connectivity index (χ3v) is 4.52. The zero-order chi connectivity index (χ0) is 12.4. The molecule has 1 saturated carbocycles. The van der Waals surface area contributed by atoms with Gasteiger partial charge in [0.05, 0.1) is 0 Å². The molecule has 1 aliphatic carbocycles. The fraction of sp³-hybridized carbons (Fsp3) is 0.786. The van der Waals surface area contributed by atoms with Gasteiger partial charge in [0, 0.05) is 37.6 Å². The van der Waals surface area contributed by atoms with E-state index in [1.165, 1.54) is 44.9 Å². The lowest BCUT2D eigenvalue weighted by molar-refractivity contribution is 0.352. The van der Waals surface area contributed by atoms with E-state index in [0.717, 1.165) is 19.0 Å². The number of hydrogen-bond acceptors (Lipinski definition) is 3. The average molecular weight is 248 g/mol. The molecule has 1 atom stereocenters. The highest BCUT2D eigenvalue weighted by Gasteiger charge is 2.28. The Morgan fingerprint density at radius 1 is 1.17 bits per heavy atom. The van der Waals surface area contributed by atoms with Gasteiger partial charge in [-0.1, -0.05) is 19.3 Å². The smallest absolute Gasteiger partial charge is 0.205 e. The van der Waals surface area contributed by atoms with Crippen molar-refractivity contribution in [3.8, 4) is 0 Å². The zero-order valence-electron chi connectivity index (χ0n) is 11.1. The van der Waals surface area contributed by atoms with E-state index in [0.29, 0.717) is 12.1 Å². The maximum Gasteiger partial charge on any atom is 0.205 e. The molecule has 2 N–H and O–H groups in total. The van der Waals surface area contributed by atoms with Crippen LogP contribution in [-0.2, 0) is 0 Å². The molecule has 4 heteroatoms. The van der Waals surface area contributed by atoms with E-state index < -0.39 is 0 Å². The molecule has 1 aromatic rings. The Hall–Kier alpha value is -1.03. The molecule has 2 heterocycles. The van der Waals surface area contributed by atoms with Crippen LogP contribution in [0.5, 0.6) is 0 Å². The highest BCUT2D eigenvalue weighted by molar-refractivity contribution is 5.35. The second kappa shape index (κ2) is 5.31. The van der Waals surface area contributed by atoms with Crippen LogP contribution >= 0.6 is 0 Å². The van der Waals surface area contributed by atoms with Gasteiger partial charge in [0.15, 0.2) is 0 Å². The van der Waals surface area contributed by atoms with Crippen LogP contribution in [0.25, 0.3) is 0 Å². The number of nitrogens with two attached hydrogens (primary N) is 1. The van der Waals surface area contributed by atoms with Gasteiger partial charge in [-0.05, 0) is 25.7 Å². The Labute approximate surface area is 109 Å². The molecular formula is C14H24N4. The summed E-state index contributed by atoms with van der Waals surface area (Å²) in [6.07, 6.45) is 13.3. The number of imidazole rings is 1. The van der Waals surface area contributed by atoms with Gasteiger partial charge < -0.3 is 15.2 Å². The van der Waals surface area contributed by atoms with Gasteiger partial charge in [0.2, 0.25) is 5.95 Å². The second-order valence-electron chi connectivity index (χ2n) is 5.65. The molecule has 1 aliphatic heterocycles. The minimum Gasteiger partial charge on any atom is -0.338 e. The zero-order valence-corrected chi connectivity index (χ0v) is 11.1. The lowest BCUT2D eigenvalue weighted by Gasteiger charge is -2.30. The van der Waals surface area contributed by atoms with Gasteiger partial charge in [0.1, 0.15) is 0 Å². The maximum absolute atomic E-state index is 5.88. The summed E-state index contributed by atoms with van der Waals surface area (Å²) in [4.78, 5) is 7.03. The first kappa shape index (κ1) is 12.0. The Morgan fingerprint density at radius 2 is 2.00 bits per heavy atom. The molecule has 100 valence electrons. The highest BCUT2D eigenvalue weighted by Crippen LogP contribution is 2.33. The molecular weight excluding hydrogens is 224 g/mol. The summed E-state index contributed by atoms with van der Waals surface area (Å²) in [5.74, 6) is 1.16. The first-order valence-electron chi connectivity index (χ1n) is 7.39. The molecule has 18 heavy (non-hydrogen) atoms. The van der Waals surface area contributed by atoms with Crippen molar-refractivity contribution < 1.29 is 0 Å². The van der Waals surface area contributed by atoms with E-state index in [4.69, 9.17) is 5.73 Å². The Morgan fingerprint density at radius 3 is 2.78 bits per heavy atom. The molecule has 3 rings (SSSR count). The summed E-state index contributed by atoms with van der Waals surface area (Å²) in [6, 6.07) is 1.16. The Kier molecular flexibility index (Phi) is 3.55. The molecule has 0 amide bonds. The fourth-order valence-electron chi connectivity index (χ4n) is 3.52. The summed E-state index contributed by atoms with van der Waals surface area (Å²) in [5, 5.41) is 0. The molecule has 2 aliphatic rings. The Balaban J connectivity index is 1.81. The number of nitrogens with zero attached hydrogens (tertiary/aromatic N) is 3. The lowest BCUT2D eigenvalue weighted by atomic mass is 9.95. The molecule has 2 fully saturated rings. The first-order valence-corrected chi connectivity index (χ1v) is 7.39. The van der Waals surface area contributed by atoms with Crippen molar-refractivity contribution >= 4 is 5.95 Å². The third-order valence-electron chi connectivity index (χ3n) is 4.52. The van der Waals surface area contributed by atoms with E-state index in [-0.39, 0.29) is 0 Å². The van der Waals surface area contributed by atoms with E-state index >= 15 is 0 Å². The molecule has 0 aromatic carbocycles. The molecule has 1 saturated heterocycles. The molecule has 1 unspecified atom stereocenters. The predicted molar refractivity (Wildman–Crippen MR) is 73.8 cm³/mol. The van der Waals surface area contributed by atoms with Gasteiger partial charge in [-0.25, -0.2) is 4.98 Å². The van der Waals surface area contributed by atoms with Crippen LogP contribution in [0.4, 0.5) is 5.95 Å². The van der Waals surface area contributed by atoms with Crippen LogP contribution in [0.3, 0.4) is 0 Å². The molecule has 0 spiro atoms. The van der Waals surface area contributed by atoms with Crippen molar-refractivity contribution in [2.24, 2.45) is 5.73 Å². The number of anilines is 1. The minimum atomic E-state index is 0.495. The first-order chi connectivity index (χ1) is 8.90. The standard InChI is InChI=1S/C14H24N4/c15-11-13-7-4-9-17(13)14-16-8-10-18(14)12-5-2-1-3-6-12/h8,10,12-13H,1-7,9,11,15H2. The highest BCUT2D eigenvalue weighted by atomic mass is 15.3. The second-order valence-corrected chi connectivity index (χ2v) is 5.65. The van der Waals surface area contributed by atoms with Crippen molar-refractivity contribution in [2.45, 2.75) is 57.0 Å². The molecule has 1 aromatic heterocycles. The minimum absolute atomic E-state index is 0.495. The lowest BCUT2D eigenvalue weighted by Crippen LogP contribution is -2.37. The summed E-state index contributed by atoms with van der Waals surface area (Å²) < 4.78 is 2.41. The summed E-state index contributed by atoms with van der Waals surface area (Å²) in [7, 11) is 0. The third kappa shape index (κ3) is 2.14. The van der Waals surface area contributed by atoms with Gasteiger partial charge in [-0.2, -0.15) is 0 Å². The maximum atomic E-state index is 5.88. The van der Waals surface area contributed by atoms with Crippen molar-refractivity contribution in [3.63, 3.8) is 0 Å². The van der Waals surface area contributed by atoms with Crippen LogP contribution in [0, 0.1) is 0 Å². The quantitative estimate of drug-likeness (QED) is 0.893. The summed E-state index contributed by atoms with van der Waals surface area (Å²) >= 11 is 0. The molecule has 0 radical (unpaired) electrons. The fourth-order valence-corrected chi connectivity index (χ4v) is 3.52.